The van der Waals surface area contributed by atoms with Gasteiger partial charge in [-0.05, 0) is 52.9 Å². The molecule has 4 heteroatoms. The minimum absolute atomic E-state index is 0.0181. The summed E-state index contributed by atoms with van der Waals surface area (Å²) in [4.78, 5) is 12.1. The second-order valence-corrected chi connectivity index (χ2v) is 6.54. The number of aryl methyl sites for hydroxylation is 1. The summed E-state index contributed by atoms with van der Waals surface area (Å²) in [6, 6.07) is 23.1. The van der Waals surface area contributed by atoms with Crippen molar-refractivity contribution in [3.05, 3.63) is 88.9 Å². The van der Waals surface area contributed by atoms with Crippen molar-refractivity contribution in [1.82, 2.24) is 0 Å². The van der Waals surface area contributed by atoms with Crippen LogP contribution in [-0.4, -0.2) is 11.0 Å². The average molecular weight is 366 g/mol. The number of carbonyl (C=O) groups is 1. The third-order valence-electron chi connectivity index (χ3n) is 4.19. The molecule has 1 amide bonds. The van der Waals surface area contributed by atoms with Gasteiger partial charge in [-0.1, -0.05) is 60.1 Å². The van der Waals surface area contributed by atoms with Crippen LogP contribution in [0.1, 0.15) is 17.5 Å². The summed E-state index contributed by atoms with van der Waals surface area (Å²) in [5.74, 6) is -0.0181. The molecule has 0 aliphatic heterocycles. The number of halogens is 1. The molecule has 3 aromatic rings. The number of aliphatic hydroxyl groups excluding tert-OH is 1. The molecular formula is C22H20ClNO2. The van der Waals surface area contributed by atoms with Crippen molar-refractivity contribution in [3.63, 3.8) is 0 Å². The molecule has 132 valence electrons. The molecule has 3 aromatic carbocycles. The summed E-state index contributed by atoms with van der Waals surface area (Å²) in [5, 5.41) is 12.7. The summed E-state index contributed by atoms with van der Waals surface area (Å²) in [7, 11) is 0. The summed E-state index contributed by atoms with van der Waals surface area (Å²) >= 11 is 5.91. The maximum absolute atomic E-state index is 12.1. The summed E-state index contributed by atoms with van der Waals surface area (Å²) < 4.78 is 0. The van der Waals surface area contributed by atoms with Crippen LogP contribution in [0.5, 0.6) is 0 Å². The van der Waals surface area contributed by atoms with Crippen LogP contribution < -0.4 is 5.32 Å². The number of amides is 1. The van der Waals surface area contributed by atoms with Crippen LogP contribution in [-0.2, 0) is 17.8 Å². The van der Waals surface area contributed by atoms with Crippen molar-refractivity contribution in [2.45, 2.75) is 19.4 Å². The number of rotatable bonds is 6. The Balaban J connectivity index is 1.54. The minimum atomic E-state index is -0.0181. The normalized spacial score (nSPS) is 10.5. The summed E-state index contributed by atoms with van der Waals surface area (Å²) in [6.45, 7) is 0.0345. The second-order valence-electron chi connectivity index (χ2n) is 6.11. The number of anilines is 1. The first-order chi connectivity index (χ1) is 12.6. The van der Waals surface area contributed by atoms with Crippen LogP contribution in [0.15, 0.2) is 72.8 Å². The molecule has 26 heavy (non-hydrogen) atoms. The number of benzene rings is 3. The lowest BCUT2D eigenvalue weighted by molar-refractivity contribution is -0.116. The van der Waals surface area contributed by atoms with Gasteiger partial charge in [0, 0.05) is 17.1 Å². The SMILES string of the molecule is O=C(CCc1ccc(CO)cc1)Nc1ccc(-c2ccc(Cl)cc2)cc1. The smallest absolute Gasteiger partial charge is 0.224 e. The van der Waals surface area contributed by atoms with E-state index in [0.29, 0.717) is 17.9 Å². The molecule has 0 aromatic heterocycles. The van der Waals surface area contributed by atoms with Crippen molar-refractivity contribution in [3.8, 4) is 11.1 Å². The van der Waals surface area contributed by atoms with E-state index in [9.17, 15) is 4.79 Å². The highest BCUT2D eigenvalue weighted by atomic mass is 35.5. The molecule has 2 N–H and O–H groups in total. The number of hydrogen-bond acceptors (Lipinski definition) is 2. The molecule has 0 saturated carbocycles. The molecule has 0 bridgehead atoms. The molecule has 0 saturated heterocycles. The molecule has 0 aliphatic rings. The fourth-order valence-corrected chi connectivity index (χ4v) is 2.81. The van der Waals surface area contributed by atoms with Crippen LogP contribution in [0, 0.1) is 0 Å². The highest BCUT2D eigenvalue weighted by molar-refractivity contribution is 6.30. The van der Waals surface area contributed by atoms with Gasteiger partial charge in [0.1, 0.15) is 0 Å². The fraction of sp³-hybridized carbons (Fsp3) is 0.136. The van der Waals surface area contributed by atoms with Crippen molar-refractivity contribution in [1.29, 1.82) is 0 Å². The largest absolute Gasteiger partial charge is 0.392 e. The van der Waals surface area contributed by atoms with Crippen molar-refractivity contribution in [2.75, 3.05) is 5.32 Å². The summed E-state index contributed by atoms with van der Waals surface area (Å²) in [5.41, 5.74) is 4.89. The Kier molecular flexibility index (Phi) is 6.05. The number of aliphatic hydroxyl groups is 1. The van der Waals surface area contributed by atoms with Crippen LogP contribution >= 0.6 is 11.6 Å². The molecule has 0 aliphatic carbocycles. The maximum Gasteiger partial charge on any atom is 0.224 e. The Morgan fingerprint density at radius 3 is 1.92 bits per heavy atom. The summed E-state index contributed by atoms with van der Waals surface area (Å²) in [6.07, 6.45) is 1.08. The highest BCUT2D eigenvalue weighted by Gasteiger charge is 2.04. The van der Waals surface area contributed by atoms with Crippen LogP contribution in [0.25, 0.3) is 11.1 Å². The monoisotopic (exact) mass is 365 g/mol. The van der Waals surface area contributed by atoms with E-state index in [2.05, 4.69) is 5.32 Å². The van der Waals surface area contributed by atoms with Gasteiger partial charge < -0.3 is 10.4 Å². The Bertz CT molecular complexity index is 856. The number of carbonyl (C=O) groups excluding carboxylic acids is 1. The van der Waals surface area contributed by atoms with E-state index in [-0.39, 0.29) is 12.5 Å². The maximum atomic E-state index is 12.1. The van der Waals surface area contributed by atoms with E-state index in [4.69, 9.17) is 16.7 Å². The topological polar surface area (TPSA) is 49.3 Å². The lowest BCUT2D eigenvalue weighted by atomic mass is 10.1. The van der Waals surface area contributed by atoms with Gasteiger partial charge in [-0.15, -0.1) is 0 Å². The van der Waals surface area contributed by atoms with E-state index in [1.165, 1.54) is 0 Å². The Morgan fingerprint density at radius 2 is 1.35 bits per heavy atom. The quantitative estimate of drug-likeness (QED) is 0.640. The van der Waals surface area contributed by atoms with E-state index in [1.54, 1.807) is 0 Å². The second kappa shape index (κ2) is 8.65. The van der Waals surface area contributed by atoms with Gasteiger partial charge in [-0.2, -0.15) is 0 Å². The molecular weight excluding hydrogens is 346 g/mol. The first kappa shape index (κ1) is 18.2. The zero-order valence-electron chi connectivity index (χ0n) is 14.3. The van der Waals surface area contributed by atoms with Crippen molar-refractivity contribution in [2.24, 2.45) is 0 Å². The first-order valence-corrected chi connectivity index (χ1v) is 8.86. The third-order valence-corrected chi connectivity index (χ3v) is 4.44. The van der Waals surface area contributed by atoms with Gasteiger partial charge in [-0.3, -0.25) is 4.79 Å². The standard InChI is InChI=1S/C22H20ClNO2/c23-20-10-6-18(7-11-20)19-8-12-21(13-9-19)24-22(26)14-5-16-1-3-17(15-25)4-2-16/h1-4,6-13,25H,5,14-15H2,(H,24,26). The Hall–Kier alpha value is -2.62. The zero-order valence-corrected chi connectivity index (χ0v) is 15.0. The van der Waals surface area contributed by atoms with E-state index in [0.717, 1.165) is 27.9 Å². The minimum Gasteiger partial charge on any atom is -0.392 e. The third kappa shape index (κ3) is 4.94. The molecule has 0 heterocycles. The molecule has 0 fully saturated rings. The van der Waals surface area contributed by atoms with Crippen LogP contribution in [0.2, 0.25) is 5.02 Å². The van der Waals surface area contributed by atoms with Crippen LogP contribution in [0.3, 0.4) is 0 Å². The van der Waals surface area contributed by atoms with Crippen LogP contribution in [0.4, 0.5) is 5.69 Å². The van der Waals surface area contributed by atoms with Gasteiger partial charge >= 0.3 is 0 Å². The highest BCUT2D eigenvalue weighted by Crippen LogP contribution is 2.23. The van der Waals surface area contributed by atoms with Gasteiger partial charge in [0.25, 0.3) is 0 Å². The zero-order chi connectivity index (χ0) is 18.4. The lowest BCUT2D eigenvalue weighted by Crippen LogP contribution is -2.12. The van der Waals surface area contributed by atoms with Crippen molar-refractivity contribution < 1.29 is 9.90 Å². The molecule has 0 unspecified atom stereocenters. The number of nitrogens with one attached hydrogen (secondary N) is 1. The van der Waals surface area contributed by atoms with Gasteiger partial charge in [0.2, 0.25) is 5.91 Å². The molecule has 3 rings (SSSR count). The first-order valence-electron chi connectivity index (χ1n) is 8.48. The van der Waals surface area contributed by atoms with Crippen molar-refractivity contribution >= 4 is 23.2 Å². The predicted molar refractivity (Wildman–Crippen MR) is 106 cm³/mol. The molecule has 3 nitrogen and oxygen atoms in total. The predicted octanol–water partition coefficient (Wildman–Crippen LogP) is 5.07. The van der Waals surface area contributed by atoms with E-state index in [1.807, 2.05) is 72.8 Å². The molecule has 0 radical (unpaired) electrons. The molecule has 0 atom stereocenters. The van der Waals surface area contributed by atoms with Gasteiger partial charge in [-0.25, -0.2) is 0 Å². The van der Waals surface area contributed by atoms with Gasteiger partial charge in [0.05, 0.1) is 6.61 Å². The fourth-order valence-electron chi connectivity index (χ4n) is 2.68. The average Bonchev–Trinajstić information content (AvgIpc) is 2.68. The van der Waals surface area contributed by atoms with E-state index < -0.39 is 0 Å². The van der Waals surface area contributed by atoms with E-state index >= 15 is 0 Å². The Morgan fingerprint density at radius 1 is 0.808 bits per heavy atom. The Labute approximate surface area is 158 Å². The van der Waals surface area contributed by atoms with Gasteiger partial charge in [0.15, 0.2) is 0 Å². The molecule has 0 spiro atoms. The number of hydrogen-bond donors (Lipinski definition) is 2. The lowest BCUT2D eigenvalue weighted by Gasteiger charge is -2.07.